The van der Waals surface area contributed by atoms with Gasteiger partial charge in [0.15, 0.2) is 11.6 Å². The Morgan fingerprint density at radius 2 is 2.11 bits per heavy atom. The van der Waals surface area contributed by atoms with Gasteiger partial charge in [-0.05, 0) is 43.2 Å². The number of amides is 2. The number of methoxy groups -OCH3 is 1. The van der Waals surface area contributed by atoms with Crippen molar-refractivity contribution in [1.82, 2.24) is 19.3 Å². The molecule has 9 nitrogen and oxygen atoms in total. The summed E-state index contributed by atoms with van der Waals surface area (Å²) in [5.74, 6) is -0.0822. The Morgan fingerprint density at radius 1 is 1.27 bits per heavy atom. The normalized spacial score (nSPS) is 15.1. The van der Waals surface area contributed by atoms with Gasteiger partial charge >= 0.3 is 0 Å². The molecule has 0 radical (unpaired) electrons. The summed E-state index contributed by atoms with van der Waals surface area (Å²) in [7, 11) is 1.36. The molecule has 0 spiro atoms. The second-order valence-corrected chi connectivity index (χ2v) is 8.63. The summed E-state index contributed by atoms with van der Waals surface area (Å²) >= 11 is 0. The van der Waals surface area contributed by atoms with Gasteiger partial charge in [0.1, 0.15) is 22.9 Å². The number of nitrogens with one attached hydrogen (secondary N) is 1. The van der Waals surface area contributed by atoms with Crippen molar-refractivity contribution >= 4 is 28.8 Å². The largest absolute Gasteiger partial charge is 0.494 e. The van der Waals surface area contributed by atoms with Gasteiger partial charge in [0.05, 0.1) is 13.2 Å². The fourth-order valence-electron chi connectivity index (χ4n) is 4.69. The van der Waals surface area contributed by atoms with Crippen LogP contribution in [0.4, 0.5) is 15.9 Å². The van der Waals surface area contributed by atoms with Crippen LogP contribution in [-0.2, 0) is 4.79 Å². The van der Waals surface area contributed by atoms with Gasteiger partial charge in [0, 0.05) is 41.8 Å². The van der Waals surface area contributed by atoms with Gasteiger partial charge in [-0.3, -0.25) is 14.0 Å². The number of nitrogen functional groups attached to an aromatic ring is 1. The van der Waals surface area contributed by atoms with Crippen LogP contribution in [0.15, 0.2) is 67.5 Å². The number of ether oxygens (including phenoxy) is 1. The Kier molecular flexibility index (Phi) is 6.31. The summed E-state index contributed by atoms with van der Waals surface area (Å²) in [6.45, 7) is 4.24. The fourth-order valence-corrected chi connectivity index (χ4v) is 4.69. The lowest BCUT2D eigenvalue weighted by Crippen LogP contribution is -2.29. The number of rotatable bonds is 6. The summed E-state index contributed by atoms with van der Waals surface area (Å²) in [6.07, 6.45) is 6.27. The van der Waals surface area contributed by atoms with Crippen LogP contribution in [0.25, 0.3) is 16.8 Å². The summed E-state index contributed by atoms with van der Waals surface area (Å²) in [5.41, 5.74) is 8.85. The lowest BCUT2D eigenvalue weighted by molar-refractivity contribution is -0.127. The molecule has 10 heteroatoms. The van der Waals surface area contributed by atoms with Crippen molar-refractivity contribution in [3.63, 3.8) is 0 Å². The Balaban J connectivity index is 1.53. The topological polar surface area (TPSA) is 115 Å². The summed E-state index contributed by atoms with van der Waals surface area (Å²) < 4.78 is 20.6. The minimum atomic E-state index is -0.522. The van der Waals surface area contributed by atoms with Gasteiger partial charge in [-0.1, -0.05) is 18.7 Å². The van der Waals surface area contributed by atoms with Gasteiger partial charge in [0.2, 0.25) is 5.91 Å². The molecule has 1 saturated heterocycles. The first-order valence-corrected chi connectivity index (χ1v) is 11.7. The Bertz CT molecular complexity index is 1530. The second-order valence-electron chi connectivity index (χ2n) is 8.63. The van der Waals surface area contributed by atoms with E-state index in [4.69, 9.17) is 15.5 Å². The van der Waals surface area contributed by atoms with E-state index in [-0.39, 0.29) is 29.4 Å². The van der Waals surface area contributed by atoms with Gasteiger partial charge in [-0.2, -0.15) is 0 Å². The van der Waals surface area contributed by atoms with Crippen LogP contribution < -0.4 is 15.8 Å². The van der Waals surface area contributed by atoms with Crippen molar-refractivity contribution in [2.45, 2.75) is 18.9 Å². The molecule has 1 aliphatic heterocycles. The number of benzene rings is 2. The molecule has 2 aromatic carbocycles. The van der Waals surface area contributed by atoms with Crippen LogP contribution in [0.3, 0.4) is 0 Å². The molecule has 1 aliphatic rings. The van der Waals surface area contributed by atoms with Crippen LogP contribution >= 0.6 is 0 Å². The molecule has 3 heterocycles. The molecule has 5 rings (SSSR count). The summed E-state index contributed by atoms with van der Waals surface area (Å²) in [4.78, 5) is 36.4. The molecule has 0 aliphatic carbocycles. The molecular formula is C27H25FN6O3. The average Bonchev–Trinajstić information content (AvgIpc) is 3.55. The molecule has 0 unspecified atom stereocenters. The molecule has 2 amide bonds. The number of aromatic nitrogens is 3. The van der Waals surface area contributed by atoms with Crippen molar-refractivity contribution in [2.75, 3.05) is 24.7 Å². The number of hydrogen-bond donors (Lipinski definition) is 2. The van der Waals surface area contributed by atoms with E-state index >= 15 is 0 Å². The minimum absolute atomic E-state index is 0.0300. The lowest BCUT2D eigenvalue weighted by atomic mass is 10.1. The first-order chi connectivity index (χ1) is 17.9. The number of nitrogens with zero attached hydrogens (tertiary/aromatic N) is 4. The molecule has 37 heavy (non-hydrogen) atoms. The molecule has 0 bridgehead atoms. The maximum Gasteiger partial charge on any atom is 0.255 e. The summed E-state index contributed by atoms with van der Waals surface area (Å²) in [5, 5.41) is 2.76. The van der Waals surface area contributed by atoms with Crippen molar-refractivity contribution in [3.05, 3.63) is 84.7 Å². The number of imidazole rings is 1. The number of hydrogen-bond acceptors (Lipinski definition) is 6. The number of nitrogens with two attached hydrogens (primary N) is 1. The predicted octanol–water partition coefficient (Wildman–Crippen LogP) is 4.23. The van der Waals surface area contributed by atoms with E-state index in [1.807, 2.05) is 10.5 Å². The van der Waals surface area contributed by atoms with Crippen LogP contribution in [0.5, 0.6) is 5.75 Å². The van der Waals surface area contributed by atoms with E-state index in [2.05, 4.69) is 16.9 Å². The molecule has 1 fully saturated rings. The number of anilines is 2. The van der Waals surface area contributed by atoms with E-state index in [9.17, 15) is 14.0 Å². The SMILES string of the molecule is C=CC(=O)N1CCC[C@H]1c1nc(-c2cccc(C(=O)Nc3ccc(F)c(OC)c3)c2)c2c(N)nccn12. The first-order valence-electron chi connectivity index (χ1n) is 11.7. The maximum atomic E-state index is 13.7. The van der Waals surface area contributed by atoms with Crippen LogP contribution in [-0.4, -0.2) is 44.7 Å². The Labute approximate surface area is 212 Å². The standard InChI is InChI=1S/C27H25FN6O3/c1-3-22(35)33-12-5-8-20(33)26-32-23(24-25(29)30-11-13-34(24)26)16-6-4-7-17(14-16)27(36)31-18-9-10-19(28)21(15-18)37-2/h3-4,6-7,9-11,13-15,20H,1,5,8,12H2,2H3,(H2,29,30)(H,31,36)/t20-/m0/s1. The Hall–Kier alpha value is -4.73. The zero-order valence-corrected chi connectivity index (χ0v) is 20.1. The number of fused-ring (bicyclic) bond motifs is 1. The predicted molar refractivity (Wildman–Crippen MR) is 138 cm³/mol. The second kappa shape index (κ2) is 9.73. The maximum absolute atomic E-state index is 13.7. The third-order valence-corrected chi connectivity index (χ3v) is 6.43. The quantitative estimate of drug-likeness (QED) is 0.383. The van der Waals surface area contributed by atoms with Crippen LogP contribution in [0.1, 0.15) is 35.1 Å². The molecule has 1 atom stereocenters. The highest BCUT2D eigenvalue weighted by atomic mass is 19.1. The van der Waals surface area contributed by atoms with E-state index in [0.29, 0.717) is 40.4 Å². The van der Waals surface area contributed by atoms with Gasteiger partial charge < -0.3 is 20.7 Å². The van der Waals surface area contributed by atoms with Crippen molar-refractivity contribution in [1.29, 1.82) is 0 Å². The first kappa shape index (κ1) is 24.0. The van der Waals surface area contributed by atoms with E-state index < -0.39 is 5.82 Å². The van der Waals surface area contributed by atoms with Gasteiger partial charge in [0.25, 0.3) is 5.91 Å². The highest BCUT2D eigenvalue weighted by Crippen LogP contribution is 2.36. The fraction of sp³-hybridized carbons (Fsp3) is 0.185. The number of carbonyl (C=O) groups is 2. The lowest BCUT2D eigenvalue weighted by Gasteiger charge is -2.22. The third kappa shape index (κ3) is 4.37. The number of likely N-dealkylation sites (tertiary alicyclic amines) is 1. The highest BCUT2D eigenvalue weighted by molar-refractivity contribution is 6.05. The van der Waals surface area contributed by atoms with Crippen LogP contribution in [0, 0.1) is 5.82 Å². The van der Waals surface area contributed by atoms with Gasteiger partial charge in [-0.15, -0.1) is 0 Å². The number of halogens is 1. The third-order valence-electron chi connectivity index (χ3n) is 6.43. The highest BCUT2D eigenvalue weighted by Gasteiger charge is 2.33. The Morgan fingerprint density at radius 3 is 2.89 bits per heavy atom. The average molecular weight is 501 g/mol. The van der Waals surface area contributed by atoms with Crippen molar-refractivity contribution in [2.24, 2.45) is 0 Å². The minimum Gasteiger partial charge on any atom is -0.494 e. The molecule has 188 valence electrons. The molecular weight excluding hydrogens is 475 g/mol. The van der Waals surface area contributed by atoms with Crippen molar-refractivity contribution in [3.8, 4) is 17.0 Å². The number of carbonyl (C=O) groups excluding carboxylic acids is 2. The summed E-state index contributed by atoms with van der Waals surface area (Å²) in [6, 6.07) is 10.8. The zero-order chi connectivity index (χ0) is 26.1. The van der Waals surface area contributed by atoms with Crippen molar-refractivity contribution < 1.29 is 18.7 Å². The van der Waals surface area contributed by atoms with E-state index in [0.717, 1.165) is 12.8 Å². The molecule has 4 aromatic rings. The van der Waals surface area contributed by atoms with Gasteiger partial charge in [-0.25, -0.2) is 14.4 Å². The molecule has 3 N–H and O–H groups in total. The van der Waals surface area contributed by atoms with E-state index in [1.165, 1.54) is 31.4 Å². The monoisotopic (exact) mass is 500 g/mol. The smallest absolute Gasteiger partial charge is 0.255 e. The molecule has 0 saturated carbocycles. The zero-order valence-electron chi connectivity index (χ0n) is 20.1. The molecule has 2 aromatic heterocycles. The van der Waals surface area contributed by atoms with E-state index in [1.54, 1.807) is 35.5 Å². The van der Waals surface area contributed by atoms with Crippen LogP contribution in [0.2, 0.25) is 0 Å².